The monoisotopic (exact) mass is 348 g/mol. The smallest absolute Gasteiger partial charge is 0.173 e. The van der Waals surface area contributed by atoms with Gasteiger partial charge in [0.15, 0.2) is 12.0 Å². The maximum atomic E-state index is 14.2. The highest BCUT2D eigenvalue weighted by Crippen LogP contribution is 2.65. The number of hydrogen-bond donors (Lipinski definition) is 0. The summed E-state index contributed by atoms with van der Waals surface area (Å²) < 4.78 is 14.2. The Bertz CT molecular complexity index is 643. The Kier molecular flexibility index (Phi) is 3.80. The number of rotatable bonds is 1. The van der Waals surface area contributed by atoms with Crippen LogP contribution in [0.5, 0.6) is 0 Å². The van der Waals surface area contributed by atoms with E-state index >= 15 is 0 Å². The molecule has 25 heavy (non-hydrogen) atoms. The number of hydrogen-bond acceptors (Lipinski definition) is 3. The quantitative estimate of drug-likeness (QED) is 0.721. The summed E-state index contributed by atoms with van der Waals surface area (Å²) in [5.41, 5.74) is -0.744. The standard InChI is InChI=1S/C21H29FO3/c1-4-11-16(23)6-8-20(2)13-5-7-21(3)14(10-15(22)19(21)25)12(13)9-17(24)18(11)20/h11-15,18H,4-10H2,1-3H3. The van der Waals surface area contributed by atoms with Gasteiger partial charge in [-0.2, -0.15) is 0 Å². The number of alkyl halides is 1. The van der Waals surface area contributed by atoms with E-state index in [0.717, 1.165) is 25.7 Å². The van der Waals surface area contributed by atoms with Crippen LogP contribution in [0.25, 0.3) is 0 Å². The molecule has 0 aliphatic heterocycles. The second kappa shape index (κ2) is 5.47. The van der Waals surface area contributed by atoms with Gasteiger partial charge < -0.3 is 0 Å². The van der Waals surface area contributed by atoms with Crippen molar-refractivity contribution in [3.63, 3.8) is 0 Å². The molecule has 4 saturated carbocycles. The average Bonchev–Trinajstić information content (AvgIpc) is 2.80. The van der Waals surface area contributed by atoms with Crippen LogP contribution in [0.2, 0.25) is 0 Å². The van der Waals surface area contributed by atoms with Crippen molar-refractivity contribution >= 4 is 17.3 Å². The molecule has 0 aromatic carbocycles. The molecule has 0 aromatic heterocycles. The highest BCUT2D eigenvalue weighted by Gasteiger charge is 2.65. The van der Waals surface area contributed by atoms with E-state index in [1.54, 1.807) is 0 Å². The van der Waals surface area contributed by atoms with Crippen molar-refractivity contribution in [1.29, 1.82) is 0 Å². The maximum Gasteiger partial charge on any atom is 0.173 e. The number of halogens is 1. The summed E-state index contributed by atoms with van der Waals surface area (Å²) in [6, 6.07) is 0. The van der Waals surface area contributed by atoms with Gasteiger partial charge in [0.25, 0.3) is 0 Å². The Morgan fingerprint density at radius 1 is 1.08 bits per heavy atom. The number of carbonyl (C=O) groups excluding carboxylic acids is 3. The van der Waals surface area contributed by atoms with Crippen LogP contribution < -0.4 is 0 Å². The summed E-state index contributed by atoms with van der Waals surface area (Å²) in [7, 11) is 0. The average molecular weight is 348 g/mol. The first kappa shape index (κ1) is 17.4. The number of fused-ring (bicyclic) bond motifs is 5. The zero-order chi connectivity index (χ0) is 18.1. The Labute approximate surface area is 149 Å². The Morgan fingerprint density at radius 2 is 1.80 bits per heavy atom. The summed E-state index contributed by atoms with van der Waals surface area (Å²) in [4.78, 5) is 37.9. The summed E-state index contributed by atoms with van der Waals surface area (Å²) >= 11 is 0. The van der Waals surface area contributed by atoms with Crippen LogP contribution in [-0.4, -0.2) is 23.5 Å². The minimum atomic E-state index is -1.36. The normalized spacial score (nSPS) is 52.6. The van der Waals surface area contributed by atoms with Gasteiger partial charge in [-0.05, 0) is 55.3 Å². The van der Waals surface area contributed by atoms with Gasteiger partial charge in [-0.25, -0.2) is 4.39 Å². The second-order valence-electron chi connectivity index (χ2n) is 9.54. The molecule has 3 nitrogen and oxygen atoms in total. The van der Waals surface area contributed by atoms with Crippen LogP contribution >= 0.6 is 0 Å². The fourth-order valence-electron chi connectivity index (χ4n) is 7.35. The molecular formula is C21H29FO3. The van der Waals surface area contributed by atoms with Gasteiger partial charge in [-0.3, -0.25) is 14.4 Å². The number of carbonyl (C=O) groups is 3. The molecule has 138 valence electrons. The van der Waals surface area contributed by atoms with Gasteiger partial charge in [-0.1, -0.05) is 20.8 Å². The zero-order valence-corrected chi connectivity index (χ0v) is 15.5. The minimum absolute atomic E-state index is 0.00632. The van der Waals surface area contributed by atoms with Crippen molar-refractivity contribution in [3.8, 4) is 0 Å². The Morgan fingerprint density at radius 3 is 2.48 bits per heavy atom. The molecule has 0 N–H and O–H groups in total. The fraction of sp³-hybridized carbons (Fsp3) is 0.857. The van der Waals surface area contributed by atoms with Crippen molar-refractivity contribution in [1.82, 2.24) is 0 Å². The molecule has 4 heteroatoms. The van der Waals surface area contributed by atoms with Crippen LogP contribution in [0.4, 0.5) is 4.39 Å². The van der Waals surface area contributed by atoms with Crippen molar-refractivity contribution < 1.29 is 18.8 Å². The van der Waals surface area contributed by atoms with Gasteiger partial charge in [-0.15, -0.1) is 0 Å². The van der Waals surface area contributed by atoms with Gasteiger partial charge >= 0.3 is 0 Å². The summed E-state index contributed by atoms with van der Waals surface area (Å²) in [5.74, 6) is 0.354. The van der Waals surface area contributed by atoms with E-state index in [9.17, 15) is 18.8 Å². The highest BCUT2D eigenvalue weighted by atomic mass is 19.1. The molecule has 0 heterocycles. The third-order valence-electron chi connectivity index (χ3n) is 8.64. The molecule has 4 rings (SSSR count). The van der Waals surface area contributed by atoms with Crippen LogP contribution in [-0.2, 0) is 14.4 Å². The molecular weight excluding hydrogens is 319 g/mol. The van der Waals surface area contributed by atoms with Gasteiger partial charge in [0.1, 0.15) is 11.6 Å². The van der Waals surface area contributed by atoms with Crippen molar-refractivity contribution in [2.45, 2.75) is 71.9 Å². The predicted molar refractivity (Wildman–Crippen MR) is 91.6 cm³/mol. The van der Waals surface area contributed by atoms with Gasteiger partial charge in [0.2, 0.25) is 0 Å². The van der Waals surface area contributed by atoms with Crippen molar-refractivity contribution in [3.05, 3.63) is 0 Å². The Balaban J connectivity index is 1.72. The lowest BCUT2D eigenvalue weighted by atomic mass is 9.43. The first-order chi connectivity index (χ1) is 11.7. The first-order valence-electron chi connectivity index (χ1n) is 9.98. The Hall–Kier alpha value is -1.06. The molecule has 8 atom stereocenters. The largest absolute Gasteiger partial charge is 0.299 e. The fourth-order valence-corrected chi connectivity index (χ4v) is 7.35. The molecule has 4 fully saturated rings. The SMILES string of the molecule is CCC1C(=O)CCC2(C)C3CCC4(C)C(=O)C(F)CC4C3CC(=O)C12. The molecule has 0 bridgehead atoms. The van der Waals surface area contributed by atoms with Crippen LogP contribution in [0.1, 0.15) is 65.7 Å². The summed E-state index contributed by atoms with van der Waals surface area (Å²) in [5, 5.41) is 0. The molecule has 0 saturated heterocycles. The van der Waals surface area contributed by atoms with E-state index in [0.29, 0.717) is 25.2 Å². The third-order valence-corrected chi connectivity index (χ3v) is 8.64. The maximum absolute atomic E-state index is 14.2. The minimum Gasteiger partial charge on any atom is -0.299 e. The molecule has 0 radical (unpaired) electrons. The van der Waals surface area contributed by atoms with E-state index in [2.05, 4.69) is 6.92 Å². The summed E-state index contributed by atoms with van der Waals surface area (Å²) in [6.45, 7) is 6.14. The van der Waals surface area contributed by atoms with E-state index < -0.39 is 11.6 Å². The topological polar surface area (TPSA) is 51.2 Å². The molecule has 0 amide bonds. The molecule has 8 unspecified atom stereocenters. The number of ketones is 3. The van der Waals surface area contributed by atoms with Crippen molar-refractivity contribution in [2.24, 2.45) is 40.4 Å². The molecule has 4 aliphatic rings. The zero-order valence-electron chi connectivity index (χ0n) is 15.5. The van der Waals surface area contributed by atoms with E-state index in [4.69, 9.17) is 0 Å². The lowest BCUT2D eigenvalue weighted by Gasteiger charge is -2.59. The van der Waals surface area contributed by atoms with E-state index in [1.165, 1.54) is 0 Å². The van der Waals surface area contributed by atoms with E-state index in [1.807, 2.05) is 13.8 Å². The highest BCUT2D eigenvalue weighted by molar-refractivity contribution is 5.94. The second-order valence-corrected chi connectivity index (χ2v) is 9.54. The van der Waals surface area contributed by atoms with Crippen LogP contribution in [0.3, 0.4) is 0 Å². The summed E-state index contributed by atoms with van der Waals surface area (Å²) in [6.07, 6.45) is 3.07. The third kappa shape index (κ3) is 2.12. The predicted octanol–water partition coefficient (Wildman–Crippen LogP) is 3.93. The van der Waals surface area contributed by atoms with Gasteiger partial charge in [0.05, 0.1) is 0 Å². The molecule has 4 aliphatic carbocycles. The lowest BCUT2D eigenvalue weighted by molar-refractivity contribution is -0.166. The van der Waals surface area contributed by atoms with E-state index in [-0.39, 0.29) is 46.4 Å². The lowest BCUT2D eigenvalue weighted by Crippen LogP contribution is -2.59. The number of Topliss-reactive ketones (excluding diaryl/α,β-unsaturated/α-hetero) is 3. The molecule has 0 spiro atoms. The van der Waals surface area contributed by atoms with Crippen LogP contribution in [0.15, 0.2) is 0 Å². The van der Waals surface area contributed by atoms with Crippen LogP contribution in [0, 0.1) is 40.4 Å². The van der Waals surface area contributed by atoms with Crippen molar-refractivity contribution in [2.75, 3.05) is 0 Å². The first-order valence-corrected chi connectivity index (χ1v) is 9.98. The molecule has 0 aromatic rings. The van der Waals surface area contributed by atoms with Gasteiger partial charge in [0, 0.05) is 30.1 Å².